The number of carbonyl (C=O) groups excluding carboxylic acids is 1. The van der Waals surface area contributed by atoms with Crippen LogP contribution < -0.4 is 5.73 Å². The summed E-state index contributed by atoms with van der Waals surface area (Å²) >= 11 is 0. The Hall–Kier alpha value is -2.28. The van der Waals surface area contributed by atoms with Gasteiger partial charge < -0.3 is 5.73 Å². The Balaban J connectivity index is 1.35. The molecule has 24 heavy (non-hydrogen) atoms. The average Bonchev–Trinajstić information content (AvgIpc) is 3.16. The van der Waals surface area contributed by atoms with E-state index in [1.54, 1.807) is 6.20 Å². The van der Waals surface area contributed by atoms with Gasteiger partial charge in [-0.15, -0.1) is 0 Å². The lowest BCUT2D eigenvalue weighted by Crippen LogP contribution is -2.22. The molecule has 0 aromatic carbocycles. The van der Waals surface area contributed by atoms with Gasteiger partial charge in [0.05, 0.1) is 17.8 Å². The Morgan fingerprint density at radius 3 is 2.62 bits per heavy atom. The lowest BCUT2D eigenvalue weighted by atomic mass is 9.85. The number of likely N-dealkylation sites (tertiary alicyclic amines) is 1. The van der Waals surface area contributed by atoms with E-state index in [1.165, 1.54) is 25.5 Å². The second-order valence-electron chi connectivity index (χ2n) is 6.83. The van der Waals surface area contributed by atoms with Crippen LogP contribution in [0.25, 0.3) is 0 Å². The quantitative estimate of drug-likeness (QED) is 0.899. The zero-order valence-electron chi connectivity index (χ0n) is 13.6. The summed E-state index contributed by atoms with van der Waals surface area (Å²) < 4.78 is 1.86. The summed E-state index contributed by atoms with van der Waals surface area (Å²) in [5.74, 6) is 1.15. The van der Waals surface area contributed by atoms with Gasteiger partial charge in [-0.2, -0.15) is 5.10 Å². The molecule has 1 amide bonds. The van der Waals surface area contributed by atoms with Crippen molar-refractivity contribution in [2.24, 2.45) is 5.73 Å². The Bertz CT molecular complexity index is 721. The molecular weight excluding hydrogens is 304 g/mol. The predicted octanol–water partition coefficient (Wildman–Crippen LogP) is 1.49. The van der Waals surface area contributed by atoms with Crippen molar-refractivity contribution in [1.82, 2.24) is 24.6 Å². The Kier molecular flexibility index (Phi) is 4.02. The Labute approximate surface area is 140 Å². The zero-order valence-corrected chi connectivity index (χ0v) is 13.6. The number of carbonyl (C=O) groups is 1. The van der Waals surface area contributed by atoms with Crippen LogP contribution in [0.1, 0.15) is 59.4 Å². The maximum absolute atomic E-state index is 11.2. The second-order valence-corrected chi connectivity index (χ2v) is 6.83. The van der Waals surface area contributed by atoms with Crippen LogP contribution in [0.2, 0.25) is 0 Å². The molecule has 3 heterocycles. The van der Waals surface area contributed by atoms with E-state index in [1.807, 2.05) is 17.1 Å². The van der Waals surface area contributed by atoms with Gasteiger partial charge in [0, 0.05) is 49.7 Å². The van der Waals surface area contributed by atoms with Gasteiger partial charge in [-0.25, -0.2) is 9.97 Å². The topological polar surface area (TPSA) is 89.9 Å². The number of nitrogens with zero attached hydrogens (tertiary/aromatic N) is 5. The van der Waals surface area contributed by atoms with Crippen LogP contribution in [0, 0.1) is 0 Å². The third-order valence-corrected chi connectivity index (χ3v) is 5.11. The van der Waals surface area contributed by atoms with Crippen LogP contribution >= 0.6 is 0 Å². The molecule has 0 bridgehead atoms. The zero-order chi connectivity index (χ0) is 16.5. The van der Waals surface area contributed by atoms with E-state index < -0.39 is 5.91 Å². The van der Waals surface area contributed by atoms with Crippen LogP contribution in [0.4, 0.5) is 0 Å². The molecule has 0 radical (unpaired) electrons. The summed E-state index contributed by atoms with van der Waals surface area (Å²) in [4.78, 5) is 22.6. The van der Waals surface area contributed by atoms with Gasteiger partial charge in [-0.05, 0) is 19.3 Å². The van der Waals surface area contributed by atoms with E-state index in [9.17, 15) is 4.79 Å². The molecule has 0 spiro atoms. The molecule has 7 heteroatoms. The van der Waals surface area contributed by atoms with Gasteiger partial charge in [-0.3, -0.25) is 14.4 Å². The number of nitrogens with two attached hydrogens (primary N) is 1. The van der Waals surface area contributed by atoms with Crippen LogP contribution in [0.5, 0.6) is 0 Å². The summed E-state index contributed by atoms with van der Waals surface area (Å²) in [6.07, 6.45) is 12.0. The Morgan fingerprint density at radius 2 is 2.00 bits per heavy atom. The summed E-state index contributed by atoms with van der Waals surface area (Å²) in [5.41, 5.74) is 6.90. The lowest BCUT2D eigenvalue weighted by molar-refractivity contribution is 0.1000. The van der Waals surface area contributed by atoms with Gasteiger partial charge in [0.1, 0.15) is 5.82 Å². The SMILES string of the molecule is NC(=O)c1cnn(C2CCN(Cc3cnc(C4CCC4)nc3)C2)c1. The van der Waals surface area contributed by atoms with Crippen molar-refractivity contribution in [2.45, 2.75) is 44.2 Å². The van der Waals surface area contributed by atoms with Gasteiger partial charge >= 0.3 is 0 Å². The first-order chi connectivity index (χ1) is 11.7. The molecule has 7 nitrogen and oxygen atoms in total. The minimum absolute atomic E-state index is 0.285. The van der Waals surface area contributed by atoms with Gasteiger partial charge in [0.15, 0.2) is 0 Å². The number of amides is 1. The summed E-state index contributed by atoms with van der Waals surface area (Å²) in [7, 11) is 0. The van der Waals surface area contributed by atoms with Crippen molar-refractivity contribution < 1.29 is 4.79 Å². The molecule has 2 aliphatic rings. The number of hydrogen-bond donors (Lipinski definition) is 1. The molecule has 2 fully saturated rings. The highest BCUT2D eigenvalue weighted by atomic mass is 16.1. The van der Waals surface area contributed by atoms with Crippen LogP contribution in [-0.2, 0) is 6.54 Å². The molecule has 1 saturated heterocycles. The van der Waals surface area contributed by atoms with Crippen molar-refractivity contribution in [1.29, 1.82) is 0 Å². The largest absolute Gasteiger partial charge is 0.366 e. The summed E-state index contributed by atoms with van der Waals surface area (Å²) in [5, 5.41) is 4.27. The highest BCUT2D eigenvalue weighted by Crippen LogP contribution is 2.34. The fourth-order valence-corrected chi connectivity index (χ4v) is 3.42. The first kappa shape index (κ1) is 15.3. The number of hydrogen-bond acceptors (Lipinski definition) is 5. The van der Waals surface area contributed by atoms with Crippen molar-refractivity contribution in [2.75, 3.05) is 13.1 Å². The smallest absolute Gasteiger partial charge is 0.251 e. The van der Waals surface area contributed by atoms with Crippen LogP contribution in [-0.4, -0.2) is 43.6 Å². The minimum atomic E-state index is -0.431. The number of primary amides is 1. The molecule has 2 N–H and O–H groups in total. The first-order valence-corrected chi connectivity index (χ1v) is 8.56. The first-order valence-electron chi connectivity index (χ1n) is 8.56. The standard InChI is InChI=1S/C17H22N6O/c18-16(24)14-8-21-23(10-14)15-4-5-22(11-15)9-12-6-19-17(20-7-12)13-2-1-3-13/h6-8,10,13,15H,1-5,9,11H2,(H2,18,24). The molecule has 1 aliphatic heterocycles. The second kappa shape index (κ2) is 6.32. The molecule has 4 rings (SSSR count). The molecule has 2 aromatic rings. The fraction of sp³-hybridized carbons (Fsp3) is 0.529. The van der Waals surface area contributed by atoms with Crippen LogP contribution in [0.15, 0.2) is 24.8 Å². The molecule has 1 unspecified atom stereocenters. The number of rotatable bonds is 5. The van der Waals surface area contributed by atoms with E-state index in [0.29, 0.717) is 11.5 Å². The van der Waals surface area contributed by atoms with E-state index in [4.69, 9.17) is 5.73 Å². The van der Waals surface area contributed by atoms with Gasteiger partial charge in [-0.1, -0.05) is 6.42 Å². The monoisotopic (exact) mass is 326 g/mol. The van der Waals surface area contributed by atoms with Gasteiger partial charge in [0.25, 0.3) is 5.91 Å². The normalized spacial score (nSPS) is 21.8. The minimum Gasteiger partial charge on any atom is -0.366 e. The van der Waals surface area contributed by atoms with Crippen molar-refractivity contribution in [3.05, 3.63) is 41.7 Å². The molecule has 126 valence electrons. The Morgan fingerprint density at radius 1 is 1.21 bits per heavy atom. The average molecular weight is 326 g/mol. The van der Waals surface area contributed by atoms with Crippen LogP contribution in [0.3, 0.4) is 0 Å². The third kappa shape index (κ3) is 3.03. The highest BCUT2D eigenvalue weighted by Gasteiger charge is 2.26. The van der Waals surface area contributed by atoms with E-state index in [2.05, 4.69) is 20.0 Å². The highest BCUT2D eigenvalue weighted by molar-refractivity contribution is 5.92. The molecule has 1 atom stereocenters. The van der Waals surface area contributed by atoms with Gasteiger partial charge in [0.2, 0.25) is 0 Å². The molecular formula is C17H22N6O. The molecule has 1 saturated carbocycles. The molecule has 1 aliphatic carbocycles. The van der Waals surface area contributed by atoms with Crippen molar-refractivity contribution >= 4 is 5.91 Å². The third-order valence-electron chi connectivity index (χ3n) is 5.11. The van der Waals surface area contributed by atoms with E-state index in [-0.39, 0.29) is 6.04 Å². The summed E-state index contributed by atoms with van der Waals surface area (Å²) in [6, 6.07) is 0.285. The number of aromatic nitrogens is 4. The van der Waals surface area contributed by atoms with E-state index >= 15 is 0 Å². The van der Waals surface area contributed by atoms with Crippen molar-refractivity contribution in [3.63, 3.8) is 0 Å². The maximum atomic E-state index is 11.2. The summed E-state index contributed by atoms with van der Waals surface area (Å²) in [6.45, 7) is 2.76. The fourth-order valence-electron chi connectivity index (χ4n) is 3.42. The lowest BCUT2D eigenvalue weighted by Gasteiger charge is -2.23. The van der Waals surface area contributed by atoms with Crippen molar-refractivity contribution in [3.8, 4) is 0 Å². The van der Waals surface area contributed by atoms with E-state index in [0.717, 1.165) is 37.4 Å². The molecule has 2 aromatic heterocycles. The predicted molar refractivity (Wildman–Crippen MR) is 88.3 cm³/mol. The maximum Gasteiger partial charge on any atom is 0.251 e.